The quantitative estimate of drug-likeness (QED) is 0.864. The standard InChI is InChI=1S/C25H31N3O/c1-27(21-11-13-26-14-12-21)24-17-22(24)19-9-10-23-20(16-19)8-5-15-28(23)25(29)18-6-3-2-4-7-18/h2-4,6-7,9-10,16,21-22,24,26H,5,8,11-15,17H2,1H3. The largest absolute Gasteiger partial charge is 0.317 e. The lowest BCUT2D eigenvalue weighted by Crippen LogP contribution is -2.42. The van der Waals surface area contributed by atoms with E-state index in [0.29, 0.717) is 12.0 Å². The molecular formula is C25H31N3O. The first-order chi connectivity index (χ1) is 14.2. The van der Waals surface area contributed by atoms with Gasteiger partial charge in [-0.25, -0.2) is 0 Å². The van der Waals surface area contributed by atoms with Gasteiger partial charge < -0.3 is 10.2 Å². The minimum absolute atomic E-state index is 0.120. The fourth-order valence-corrected chi connectivity index (χ4v) is 5.27. The predicted molar refractivity (Wildman–Crippen MR) is 118 cm³/mol. The van der Waals surface area contributed by atoms with Crippen LogP contribution in [-0.2, 0) is 6.42 Å². The highest BCUT2D eigenvalue weighted by Gasteiger charge is 2.43. The van der Waals surface area contributed by atoms with Gasteiger partial charge in [-0.3, -0.25) is 9.69 Å². The van der Waals surface area contributed by atoms with Gasteiger partial charge in [0.05, 0.1) is 0 Å². The van der Waals surface area contributed by atoms with Crippen LogP contribution in [0.2, 0.25) is 0 Å². The Hall–Kier alpha value is -2.17. The highest BCUT2D eigenvalue weighted by Crippen LogP contribution is 2.46. The van der Waals surface area contributed by atoms with Crippen molar-refractivity contribution in [2.24, 2.45) is 0 Å². The maximum absolute atomic E-state index is 13.0. The monoisotopic (exact) mass is 389 g/mol. The molecule has 0 aromatic heterocycles. The number of rotatable bonds is 4. The Morgan fingerprint density at radius 3 is 2.69 bits per heavy atom. The molecule has 2 aromatic rings. The molecule has 2 unspecified atom stereocenters. The molecule has 152 valence electrons. The Labute approximate surface area is 173 Å². The summed E-state index contributed by atoms with van der Waals surface area (Å²) in [4.78, 5) is 17.6. The number of piperidine rings is 1. The van der Waals surface area contributed by atoms with Gasteiger partial charge in [0.1, 0.15) is 0 Å². The van der Waals surface area contributed by atoms with Crippen molar-refractivity contribution in [2.45, 2.75) is 50.1 Å². The molecule has 1 N–H and O–H groups in total. The number of anilines is 1. The number of aryl methyl sites for hydroxylation is 1. The second-order valence-electron chi connectivity index (χ2n) is 8.87. The molecule has 2 aliphatic heterocycles. The topological polar surface area (TPSA) is 35.6 Å². The summed E-state index contributed by atoms with van der Waals surface area (Å²) < 4.78 is 0. The molecule has 2 fully saturated rings. The number of hydrogen-bond donors (Lipinski definition) is 1. The normalized spacial score (nSPS) is 24.4. The van der Waals surface area contributed by atoms with Gasteiger partial charge in [0.15, 0.2) is 0 Å². The van der Waals surface area contributed by atoms with E-state index in [1.54, 1.807) is 0 Å². The van der Waals surface area contributed by atoms with E-state index in [0.717, 1.165) is 49.8 Å². The Morgan fingerprint density at radius 2 is 1.90 bits per heavy atom. The number of nitrogens with zero attached hydrogens (tertiary/aromatic N) is 2. The smallest absolute Gasteiger partial charge is 0.258 e. The van der Waals surface area contributed by atoms with Crippen molar-refractivity contribution >= 4 is 11.6 Å². The molecule has 1 aliphatic carbocycles. The zero-order valence-corrected chi connectivity index (χ0v) is 17.3. The maximum atomic E-state index is 13.0. The second kappa shape index (κ2) is 7.92. The van der Waals surface area contributed by atoms with Crippen LogP contribution in [-0.4, -0.2) is 49.6 Å². The van der Waals surface area contributed by atoms with Gasteiger partial charge >= 0.3 is 0 Å². The molecule has 0 radical (unpaired) electrons. The van der Waals surface area contributed by atoms with Gasteiger partial charge in [-0.15, -0.1) is 0 Å². The third kappa shape index (κ3) is 3.72. The van der Waals surface area contributed by atoms with E-state index in [-0.39, 0.29) is 5.91 Å². The molecule has 2 aromatic carbocycles. The summed E-state index contributed by atoms with van der Waals surface area (Å²) in [6, 6.07) is 17.9. The maximum Gasteiger partial charge on any atom is 0.258 e. The molecule has 3 aliphatic rings. The van der Waals surface area contributed by atoms with Gasteiger partial charge in [0, 0.05) is 35.8 Å². The van der Waals surface area contributed by atoms with Gasteiger partial charge in [0.2, 0.25) is 0 Å². The van der Waals surface area contributed by atoms with E-state index in [9.17, 15) is 4.79 Å². The Balaban J connectivity index is 1.32. The van der Waals surface area contributed by atoms with Crippen LogP contribution in [0.3, 0.4) is 0 Å². The third-order valence-electron chi connectivity index (χ3n) is 7.08. The zero-order valence-electron chi connectivity index (χ0n) is 17.3. The highest BCUT2D eigenvalue weighted by molar-refractivity contribution is 6.06. The molecule has 1 amide bonds. The molecule has 0 bridgehead atoms. The number of carbonyl (C=O) groups is 1. The van der Waals surface area contributed by atoms with E-state index in [2.05, 4.69) is 35.5 Å². The summed E-state index contributed by atoms with van der Waals surface area (Å²) in [5.74, 6) is 0.773. The number of nitrogens with one attached hydrogen (secondary N) is 1. The predicted octanol–water partition coefficient (Wildman–Crippen LogP) is 3.82. The first-order valence-electron chi connectivity index (χ1n) is 11.1. The van der Waals surface area contributed by atoms with E-state index in [1.807, 2.05) is 35.2 Å². The minimum Gasteiger partial charge on any atom is -0.317 e. The molecule has 0 spiro atoms. The average molecular weight is 390 g/mol. The molecule has 5 rings (SSSR count). The lowest BCUT2D eigenvalue weighted by molar-refractivity contribution is 0.0985. The van der Waals surface area contributed by atoms with Gasteiger partial charge in [0.25, 0.3) is 5.91 Å². The van der Waals surface area contributed by atoms with Crippen molar-refractivity contribution < 1.29 is 4.79 Å². The summed E-state index contributed by atoms with van der Waals surface area (Å²) in [7, 11) is 2.32. The van der Waals surface area contributed by atoms with E-state index in [4.69, 9.17) is 0 Å². The summed E-state index contributed by atoms with van der Waals surface area (Å²) in [6.07, 6.45) is 5.91. The molecular weight excluding hydrogens is 358 g/mol. The van der Waals surface area contributed by atoms with Crippen molar-refractivity contribution in [1.82, 2.24) is 10.2 Å². The van der Waals surface area contributed by atoms with Gasteiger partial charge in [-0.2, -0.15) is 0 Å². The first kappa shape index (κ1) is 18.8. The second-order valence-corrected chi connectivity index (χ2v) is 8.87. The lowest BCUT2D eigenvalue weighted by atomic mass is 9.96. The van der Waals surface area contributed by atoms with Crippen molar-refractivity contribution in [3.8, 4) is 0 Å². The zero-order chi connectivity index (χ0) is 19.8. The summed E-state index contributed by atoms with van der Waals surface area (Å²) in [5.41, 5.74) is 4.68. The third-order valence-corrected chi connectivity index (χ3v) is 7.08. The minimum atomic E-state index is 0.120. The van der Waals surface area contributed by atoms with Crippen molar-refractivity contribution in [3.05, 3.63) is 65.2 Å². The van der Waals surface area contributed by atoms with Crippen molar-refractivity contribution in [2.75, 3.05) is 31.6 Å². The van der Waals surface area contributed by atoms with Crippen LogP contribution in [0.5, 0.6) is 0 Å². The van der Waals surface area contributed by atoms with E-state index < -0.39 is 0 Å². The van der Waals surface area contributed by atoms with E-state index in [1.165, 1.54) is 30.4 Å². The Kier molecular flexibility index (Phi) is 5.15. The number of amides is 1. The molecule has 4 heteroatoms. The average Bonchev–Trinajstić information content (AvgIpc) is 3.59. The summed E-state index contributed by atoms with van der Waals surface area (Å²) in [5, 5.41) is 3.47. The van der Waals surface area contributed by atoms with E-state index >= 15 is 0 Å². The first-order valence-corrected chi connectivity index (χ1v) is 11.1. The molecule has 1 saturated carbocycles. The van der Waals surface area contributed by atoms with Crippen LogP contribution in [0.4, 0.5) is 5.69 Å². The van der Waals surface area contributed by atoms with Crippen LogP contribution in [0.1, 0.15) is 53.1 Å². The Morgan fingerprint density at radius 1 is 1.10 bits per heavy atom. The van der Waals surface area contributed by atoms with Crippen LogP contribution in [0.15, 0.2) is 48.5 Å². The molecule has 2 atom stereocenters. The lowest BCUT2D eigenvalue weighted by Gasteiger charge is -2.32. The van der Waals surface area contributed by atoms with Crippen LogP contribution in [0, 0.1) is 0 Å². The number of fused-ring (bicyclic) bond motifs is 1. The molecule has 2 heterocycles. The Bertz CT molecular complexity index is 875. The SMILES string of the molecule is CN(C1CCNCC1)C1CC1c1ccc2c(c1)CCCN2C(=O)c1ccccc1. The van der Waals surface area contributed by atoms with Gasteiger partial charge in [-0.1, -0.05) is 30.3 Å². The number of carbonyl (C=O) groups excluding carboxylic acids is 1. The van der Waals surface area contributed by atoms with Crippen molar-refractivity contribution in [3.63, 3.8) is 0 Å². The summed E-state index contributed by atoms with van der Waals surface area (Å²) >= 11 is 0. The fraction of sp³-hybridized carbons (Fsp3) is 0.480. The molecule has 4 nitrogen and oxygen atoms in total. The van der Waals surface area contributed by atoms with Crippen LogP contribution in [0.25, 0.3) is 0 Å². The van der Waals surface area contributed by atoms with Crippen LogP contribution < -0.4 is 10.2 Å². The number of hydrogen-bond acceptors (Lipinski definition) is 3. The molecule has 1 saturated heterocycles. The number of benzene rings is 2. The number of likely N-dealkylation sites (N-methyl/N-ethyl adjacent to an activating group) is 1. The van der Waals surface area contributed by atoms with Crippen LogP contribution >= 0.6 is 0 Å². The van der Waals surface area contributed by atoms with Gasteiger partial charge in [-0.05, 0) is 81.6 Å². The fourth-order valence-electron chi connectivity index (χ4n) is 5.27. The highest BCUT2D eigenvalue weighted by atomic mass is 16.2. The summed E-state index contributed by atoms with van der Waals surface area (Å²) in [6.45, 7) is 3.11. The van der Waals surface area contributed by atoms with Crippen molar-refractivity contribution in [1.29, 1.82) is 0 Å². The molecule has 29 heavy (non-hydrogen) atoms.